The van der Waals surface area contributed by atoms with Crippen LogP contribution in [0.5, 0.6) is 0 Å². The van der Waals surface area contributed by atoms with Crippen LogP contribution in [0.3, 0.4) is 0 Å². The molecule has 10 aromatic carbocycles. The minimum atomic E-state index is -7.22. The van der Waals surface area contributed by atoms with E-state index in [0.29, 0.717) is 0 Å². The molecule has 0 bridgehead atoms. The van der Waals surface area contributed by atoms with E-state index in [-0.39, 0.29) is 0 Å². The molecule has 0 aliphatic rings. The molecule has 1 heterocycles. The van der Waals surface area contributed by atoms with E-state index in [1.165, 1.54) is 59.6 Å². The molecule has 22 heteroatoms. The van der Waals surface area contributed by atoms with Crippen LogP contribution < -0.4 is 26.4 Å². The van der Waals surface area contributed by atoms with Crippen molar-refractivity contribution in [3.8, 4) is 0 Å². The summed E-state index contributed by atoms with van der Waals surface area (Å²) in [5.74, 6) is -71.4. The zero-order valence-corrected chi connectivity index (χ0v) is 38.3. The van der Waals surface area contributed by atoms with E-state index in [1.54, 1.807) is 0 Å². The standard InChI is InChI=1S/C32H22N.C24BF20/c1-3-11-25-19-29-27(16-23(25)9-1)18-28-17-24-10-2-4-12-26(24)20-30(28)31(29)21-33-15-7-13-22-8-5-6-14-32(22)33;26-5-1(6(27)14(35)21(42)13(5)34)25(2-7(28)15(36)22(43)16(37)8(2)29,3-9(30)17(38)23(44)18(39)10(3)31)4-11(32)19(40)24(45)20(41)12(4)33/h1-20H,21H2;/q+1;-1. The molecule has 0 unspecified atom stereocenters. The van der Waals surface area contributed by atoms with Crippen LogP contribution in [0.25, 0.3) is 54.0 Å². The van der Waals surface area contributed by atoms with Gasteiger partial charge in [-0.15, -0.1) is 21.9 Å². The van der Waals surface area contributed by atoms with Gasteiger partial charge in [-0.05, 0) is 85.6 Å². The van der Waals surface area contributed by atoms with Crippen LogP contribution in [0.4, 0.5) is 87.8 Å². The maximum Gasteiger partial charge on any atom is 0.212 e. The Labute approximate surface area is 423 Å². The van der Waals surface area contributed by atoms with Crippen LogP contribution in [-0.2, 0) is 6.54 Å². The van der Waals surface area contributed by atoms with E-state index >= 15 is 35.1 Å². The number of nitrogens with zero attached hydrogens (tertiary/aromatic N) is 1. The number of hydrogen-bond donors (Lipinski definition) is 0. The van der Waals surface area contributed by atoms with Crippen molar-refractivity contribution in [3.63, 3.8) is 0 Å². The summed E-state index contributed by atoms with van der Waals surface area (Å²) >= 11 is 0. The number of pyridine rings is 1. The molecule has 0 fully saturated rings. The lowest BCUT2D eigenvalue weighted by atomic mass is 9.12. The van der Waals surface area contributed by atoms with Gasteiger partial charge in [-0.3, -0.25) is 0 Å². The maximum absolute atomic E-state index is 15.4. The molecule has 0 spiro atoms. The van der Waals surface area contributed by atoms with Gasteiger partial charge in [-0.25, -0.2) is 87.8 Å². The molecule has 0 amide bonds. The Morgan fingerprint density at radius 1 is 0.256 bits per heavy atom. The van der Waals surface area contributed by atoms with Gasteiger partial charge in [0.1, 0.15) is 52.7 Å². The van der Waals surface area contributed by atoms with Gasteiger partial charge in [0, 0.05) is 23.1 Å². The highest BCUT2D eigenvalue weighted by molar-refractivity contribution is 7.20. The van der Waals surface area contributed by atoms with Crippen molar-refractivity contribution >= 4 is 82.0 Å². The summed E-state index contributed by atoms with van der Waals surface area (Å²) in [6.45, 7) is 0.825. The molecule has 0 saturated heterocycles. The Kier molecular flexibility index (Phi) is 13.1. The molecule has 0 saturated carbocycles. The van der Waals surface area contributed by atoms with E-state index in [2.05, 4.69) is 126 Å². The third-order valence-corrected chi connectivity index (χ3v) is 13.6. The van der Waals surface area contributed by atoms with Gasteiger partial charge in [0.2, 0.25) is 5.52 Å². The van der Waals surface area contributed by atoms with Crippen LogP contribution >= 0.6 is 0 Å². The van der Waals surface area contributed by atoms with Crippen molar-refractivity contribution < 1.29 is 92.4 Å². The van der Waals surface area contributed by atoms with Crippen molar-refractivity contribution in [2.75, 3.05) is 0 Å². The molecule has 0 N–H and O–H groups in total. The first-order valence-electron chi connectivity index (χ1n) is 22.4. The maximum atomic E-state index is 15.4. The van der Waals surface area contributed by atoms with E-state index in [9.17, 15) is 52.7 Å². The number of rotatable bonds is 6. The van der Waals surface area contributed by atoms with Crippen LogP contribution in [0.1, 0.15) is 5.56 Å². The average molecular weight is 1100 g/mol. The van der Waals surface area contributed by atoms with Crippen LogP contribution in [-0.4, -0.2) is 6.15 Å². The second kappa shape index (κ2) is 19.4. The van der Waals surface area contributed by atoms with Crippen molar-refractivity contribution in [1.29, 1.82) is 0 Å². The zero-order valence-electron chi connectivity index (χ0n) is 38.3. The van der Waals surface area contributed by atoms with Gasteiger partial charge >= 0.3 is 0 Å². The Balaban J connectivity index is 0.000000184. The molecule has 0 aliphatic carbocycles. The Hall–Kier alpha value is -8.69. The van der Waals surface area contributed by atoms with E-state index < -0.39 is 144 Å². The van der Waals surface area contributed by atoms with Crippen LogP contribution in [0, 0.1) is 116 Å². The fourth-order valence-electron chi connectivity index (χ4n) is 10.2. The van der Waals surface area contributed by atoms with E-state index in [4.69, 9.17) is 0 Å². The zero-order chi connectivity index (χ0) is 56.1. The van der Waals surface area contributed by atoms with Gasteiger partial charge < -0.3 is 0 Å². The fourth-order valence-corrected chi connectivity index (χ4v) is 10.2. The summed E-state index contributed by atoms with van der Waals surface area (Å²) in [7, 11) is 0. The van der Waals surface area contributed by atoms with Gasteiger partial charge in [0.25, 0.3) is 0 Å². The van der Waals surface area contributed by atoms with Crippen molar-refractivity contribution in [2.45, 2.75) is 6.54 Å². The monoisotopic (exact) mass is 1100 g/mol. The summed E-state index contributed by atoms with van der Waals surface area (Å²) in [5, 5.41) is 11.7. The minimum Gasteiger partial charge on any atom is -0.207 e. The second-order valence-electron chi connectivity index (χ2n) is 17.7. The number of hydrogen-bond acceptors (Lipinski definition) is 0. The Morgan fingerprint density at radius 3 is 0.821 bits per heavy atom. The molecule has 1 aromatic heterocycles. The van der Waals surface area contributed by atoms with Gasteiger partial charge in [-0.2, -0.15) is 4.57 Å². The lowest BCUT2D eigenvalue weighted by molar-refractivity contribution is -0.662. The highest BCUT2D eigenvalue weighted by Gasteiger charge is 2.52. The van der Waals surface area contributed by atoms with E-state index in [1.807, 2.05) is 0 Å². The largest absolute Gasteiger partial charge is 0.212 e. The van der Waals surface area contributed by atoms with Crippen molar-refractivity contribution in [3.05, 3.63) is 243 Å². The smallest absolute Gasteiger partial charge is 0.207 e. The summed E-state index contributed by atoms with van der Waals surface area (Å²) in [4.78, 5) is 0. The molecule has 394 valence electrons. The Bertz CT molecular complexity index is 3890. The third kappa shape index (κ3) is 7.84. The molecule has 0 aliphatic heterocycles. The van der Waals surface area contributed by atoms with Gasteiger partial charge in [-0.1, -0.05) is 60.7 Å². The predicted octanol–water partition coefficient (Wildman–Crippen LogP) is 13.6. The van der Waals surface area contributed by atoms with Crippen molar-refractivity contribution in [1.82, 2.24) is 0 Å². The predicted molar refractivity (Wildman–Crippen MR) is 249 cm³/mol. The average Bonchev–Trinajstić information content (AvgIpc) is 3.63. The highest BCUT2D eigenvalue weighted by Crippen LogP contribution is 2.36. The number of halogens is 20. The van der Waals surface area contributed by atoms with Gasteiger partial charge in [0.05, 0.1) is 0 Å². The fraction of sp³-hybridized carbons (Fsp3) is 0.0179. The first-order valence-corrected chi connectivity index (χ1v) is 22.4. The van der Waals surface area contributed by atoms with Crippen LogP contribution in [0.15, 0.2) is 121 Å². The summed E-state index contributed by atoms with van der Waals surface area (Å²) in [5.41, 5.74) is -11.7. The molecule has 78 heavy (non-hydrogen) atoms. The van der Waals surface area contributed by atoms with Gasteiger partial charge in [0.15, 0.2) is 82.5 Å². The first-order chi connectivity index (χ1) is 37.0. The normalized spacial score (nSPS) is 11.9. The summed E-state index contributed by atoms with van der Waals surface area (Å²) in [6, 6.07) is 42.1. The number of benzene rings is 10. The molecular weight excluding hydrogens is 1080 g/mol. The number of aromatic nitrogens is 1. The highest BCUT2D eigenvalue weighted by atomic mass is 19.2. The van der Waals surface area contributed by atoms with Crippen molar-refractivity contribution in [2.24, 2.45) is 0 Å². The summed E-state index contributed by atoms with van der Waals surface area (Å²) in [6.07, 6.45) is -5.01. The lowest BCUT2D eigenvalue weighted by Crippen LogP contribution is -2.81. The Morgan fingerprint density at radius 2 is 0.500 bits per heavy atom. The first kappa shape index (κ1) is 52.7. The minimum absolute atomic E-state index is 0.825. The third-order valence-electron chi connectivity index (χ3n) is 13.6. The molecular formula is C56H22BF20N. The quantitative estimate of drug-likeness (QED) is 0.0390. The summed E-state index contributed by atoms with van der Waals surface area (Å²) < 4.78 is 296. The second-order valence-corrected chi connectivity index (χ2v) is 17.7. The lowest BCUT2D eigenvalue weighted by Gasteiger charge is -2.44. The molecule has 0 radical (unpaired) electrons. The SMILES string of the molecule is Fc1c(F)c(F)c([B-](c2c(F)c(F)c(F)c(F)c2F)(c2c(F)c(F)c(F)c(F)c2F)c2c(F)c(F)c(F)c(F)c2F)c(F)c1F.c1ccc2cc3c(C[n+]4cccc5ccccc54)c4cc5ccccc5cc4cc3cc2c1. The van der Waals surface area contributed by atoms with Crippen LogP contribution in [0.2, 0.25) is 0 Å². The molecule has 11 aromatic rings. The number of para-hydroxylation sites is 1. The van der Waals surface area contributed by atoms with E-state index in [0.717, 1.165) is 6.54 Å². The topological polar surface area (TPSA) is 3.88 Å². The molecule has 11 rings (SSSR count). The molecule has 0 atom stereocenters. The number of fused-ring (bicyclic) bond motifs is 5. The molecule has 1 nitrogen and oxygen atoms in total.